The van der Waals surface area contributed by atoms with Gasteiger partial charge >= 0.3 is 0 Å². The predicted octanol–water partition coefficient (Wildman–Crippen LogP) is 3.37. The fourth-order valence-corrected chi connectivity index (χ4v) is 4.39. The summed E-state index contributed by atoms with van der Waals surface area (Å²) in [5, 5.41) is 16.3. The summed E-state index contributed by atoms with van der Waals surface area (Å²) in [6.07, 6.45) is 0.825. The molecular formula is C21H26N4O2S. The summed E-state index contributed by atoms with van der Waals surface area (Å²) in [6, 6.07) is 10.3. The van der Waals surface area contributed by atoms with Crippen LogP contribution in [-0.4, -0.2) is 58.9 Å². The number of hydrogen-bond donors (Lipinski definition) is 2. The SMILES string of the molecule is CCC(CO)Nc1nc(CN2CCOCC2)nc2scc(-c3ccccc3)c12. The van der Waals surface area contributed by atoms with Gasteiger partial charge in [0, 0.05) is 24.0 Å². The second-order valence-corrected chi connectivity index (χ2v) is 7.86. The van der Waals surface area contributed by atoms with Gasteiger partial charge in [-0.1, -0.05) is 37.3 Å². The molecule has 0 bridgehead atoms. The number of fused-ring (bicyclic) bond motifs is 1. The second kappa shape index (κ2) is 8.96. The Morgan fingerprint density at radius 1 is 1.21 bits per heavy atom. The number of ether oxygens (including phenoxy) is 1. The molecule has 1 aromatic carbocycles. The first-order valence-electron chi connectivity index (χ1n) is 9.79. The molecule has 28 heavy (non-hydrogen) atoms. The summed E-state index contributed by atoms with van der Waals surface area (Å²) < 4.78 is 5.44. The molecule has 148 valence electrons. The average Bonchev–Trinajstić information content (AvgIpc) is 3.17. The largest absolute Gasteiger partial charge is 0.394 e. The Hall–Kier alpha value is -2.06. The molecule has 1 unspecified atom stereocenters. The number of anilines is 1. The topological polar surface area (TPSA) is 70.5 Å². The zero-order chi connectivity index (χ0) is 19.3. The molecule has 4 rings (SSSR count). The highest BCUT2D eigenvalue weighted by molar-refractivity contribution is 7.17. The van der Waals surface area contributed by atoms with Crippen molar-refractivity contribution in [1.82, 2.24) is 14.9 Å². The Balaban J connectivity index is 1.75. The van der Waals surface area contributed by atoms with E-state index in [0.717, 1.165) is 65.7 Å². The standard InChI is InChI=1S/C21H26N4O2S/c1-2-16(13-26)22-20-19-17(15-6-4-3-5-7-15)14-28-21(19)24-18(23-20)12-25-8-10-27-11-9-25/h3-7,14,16,26H,2,8-13H2,1H3,(H,22,23,24). The number of rotatable bonds is 7. The Morgan fingerprint density at radius 3 is 2.71 bits per heavy atom. The fourth-order valence-electron chi connectivity index (χ4n) is 3.42. The van der Waals surface area contributed by atoms with Gasteiger partial charge in [0.1, 0.15) is 16.5 Å². The highest BCUT2D eigenvalue weighted by Crippen LogP contribution is 2.37. The molecule has 0 spiro atoms. The number of nitrogens with zero attached hydrogens (tertiary/aromatic N) is 3. The highest BCUT2D eigenvalue weighted by atomic mass is 32.1. The Kier molecular flexibility index (Phi) is 6.17. The summed E-state index contributed by atoms with van der Waals surface area (Å²) in [6.45, 7) is 6.16. The summed E-state index contributed by atoms with van der Waals surface area (Å²) in [5.41, 5.74) is 2.28. The summed E-state index contributed by atoms with van der Waals surface area (Å²) in [7, 11) is 0. The van der Waals surface area contributed by atoms with Gasteiger partial charge in [-0.3, -0.25) is 4.90 Å². The first-order chi connectivity index (χ1) is 13.8. The van der Waals surface area contributed by atoms with Crippen LogP contribution in [0.15, 0.2) is 35.7 Å². The Morgan fingerprint density at radius 2 is 2.00 bits per heavy atom. The molecular weight excluding hydrogens is 372 g/mol. The van der Waals surface area contributed by atoms with E-state index in [0.29, 0.717) is 6.54 Å². The molecule has 0 amide bonds. The van der Waals surface area contributed by atoms with Crippen molar-refractivity contribution in [1.29, 1.82) is 0 Å². The monoisotopic (exact) mass is 398 g/mol. The average molecular weight is 399 g/mol. The second-order valence-electron chi connectivity index (χ2n) is 7.00. The number of aromatic nitrogens is 2. The van der Waals surface area contributed by atoms with Crippen LogP contribution in [0, 0.1) is 0 Å². The van der Waals surface area contributed by atoms with Crippen LogP contribution in [0.4, 0.5) is 5.82 Å². The van der Waals surface area contributed by atoms with E-state index in [9.17, 15) is 5.11 Å². The number of aliphatic hydroxyl groups excluding tert-OH is 1. The van der Waals surface area contributed by atoms with E-state index in [4.69, 9.17) is 14.7 Å². The predicted molar refractivity (Wildman–Crippen MR) is 114 cm³/mol. The van der Waals surface area contributed by atoms with E-state index in [-0.39, 0.29) is 12.6 Å². The summed E-state index contributed by atoms with van der Waals surface area (Å²) in [5.74, 6) is 1.63. The lowest BCUT2D eigenvalue weighted by atomic mass is 10.1. The van der Waals surface area contributed by atoms with Crippen LogP contribution in [0.1, 0.15) is 19.2 Å². The normalized spacial score (nSPS) is 16.4. The molecule has 6 nitrogen and oxygen atoms in total. The fraction of sp³-hybridized carbons (Fsp3) is 0.429. The molecule has 0 saturated carbocycles. The lowest BCUT2D eigenvalue weighted by molar-refractivity contribution is 0.0331. The summed E-state index contributed by atoms with van der Waals surface area (Å²) >= 11 is 1.64. The molecule has 1 aliphatic rings. The van der Waals surface area contributed by atoms with Crippen molar-refractivity contribution >= 4 is 27.4 Å². The van der Waals surface area contributed by atoms with Crippen molar-refractivity contribution in [3.63, 3.8) is 0 Å². The van der Waals surface area contributed by atoms with Gasteiger partial charge < -0.3 is 15.2 Å². The minimum Gasteiger partial charge on any atom is -0.394 e. The van der Waals surface area contributed by atoms with Gasteiger partial charge in [0.25, 0.3) is 0 Å². The molecule has 3 aromatic rings. The minimum absolute atomic E-state index is 0.0298. The number of aliphatic hydroxyl groups is 1. The first-order valence-corrected chi connectivity index (χ1v) is 10.7. The number of benzene rings is 1. The quantitative estimate of drug-likeness (QED) is 0.636. The Labute approximate surface area is 169 Å². The van der Waals surface area contributed by atoms with Crippen LogP contribution in [0.5, 0.6) is 0 Å². The van der Waals surface area contributed by atoms with Crippen molar-refractivity contribution < 1.29 is 9.84 Å². The van der Waals surface area contributed by atoms with E-state index in [1.807, 2.05) is 18.2 Å². The Bertz CT molecular complexity index is 905. The van der Waals surface area contributed by atoms with E-state index >= 15 is 0 Å². The third-order valence-electron chi connectivity index (χ3n) is 5.09. The molecule has 1 fully saturated rings. The number of hydrogen-bond acceptors (Lipinski definition) is 7. The third-order valence-corrected chi connectivity index (χ3v) is 5.96. The molecule has 1 saturated heterocycles. The van der Waals surface area contributed by atoms with Gasteiger partial charge in [-0.15, -0.1) is 11.3 Å². The highest BCUT2D eigenvalue weighted by Gasteiger charge is 2.19. The zero-order valence-electron chi connectivity index (χ0n) is 16.1. The van der Waals surface area contributed by atoms with Crippen LogP contribution in [0.25, 0.3) is 21.3 Å². The van der Waals surface area contributed by atoms with Gasteiger partial charge in [0.2, 0.25) is 0 Å². The molecule has 0 aliphatic carbocycles. The van der Waals surface area contributed by atoms with Crippen LogP contribution < -0.4 is 5.32 Å². The molecule has 3 heterocycles. The zero-order valence-corrected chi connectivity index (χ0v) is 16.9. The van der Waals surface area contributed by atoms with Crippen LogP contribution in [0.3, 0.4) is 0 Å². The maximum atomic E-state index is 9.70. The van der Waals surface area contributed by atoms with Crippen LogP contribution >= 0.6 is 11.3 Å². The van der Waals surface area contributed by atoms with Crippen molar-refractivity contribution in [3.8, 4) is 11.1 Å². The third kappa shape index (κ3) is 4.17. The van der Waals surface area contributed by atoms with Crippen molar-refractivity contribution in [2.75, 3.05) is 38.2 Å². The van der Waals surface area contributed by atoms with E-state index in [1.54, 1.807) is 11.3 Å². The molecule has 0 radical (unpaired) electrons. The molecule has 7 heteroatoms. The first kappa shape index (κ1) is 19.3. The van der Waals surface area contributed by atoms with E-state index in [2.05, 4.69) is 34.7 Å². The van der Waals surface area contributed by atoms with Gasteiger partial charge in [-0.2, -0.15) is 0 Å². The van der Waals surface area contributed by atoms with Gasteiger partial charge in [0.15, 0.2) is 0 Å². The van der Waals surface area contributed by atoms with Crippen molar-refractivity contribution in [3.05, 3.63) is 41.5 Å². The number of nitrogens with one attached hydrogen (secondary N) is 1. The van der Waals surface area contributed by atoms with Crippen molar-refractivity contribution in [2.24, 2.45) is 0 Å². The maximum Gasteiger partial charge on any atom is 0.146 e. The summed E-state index contributed by atoms with van der Waals surface area (Å²) in [4.78, 5) is 13.0. The van der Waals surface area contributed by atoms with E-state index < -0.39 is 0 Å². The van der Waals surface area contributed by atoms with Crippen LogP contribution in [-0.2, 0) is 11.3 Å². The molecule has 2 aromatic heterocycles. The lowest BCUT2D eigenvalue weighted by Gasteiger charge is -2.26. The van der Waals surface area contributed by atoms with Crippen LogP contribution in [0.2, 0.25) is 0 Å². The number of morpholine rings is 1. The lowest BCUT2D eigenvalue weighted by Crippen LogP contribution is -2.36. The number of thiophene rings is 1. The minimum atomic E-state index is -0.0298. The van der Waals surface area contributed by atoms with Crippen molar-refractivity contribution in [2.45, 2.75) is 25.9 Å². The smallest absolute Gasteiger partial charge is 0.146 e. The maximum absolute atomic E-state index is 9.70. The van der Waals surface area contributed by atoms with Gasteiger partial charge in [-0.25, -0.2) is 9.97 Å². The van der Waals surface area contributed by atoms with Gasteiger partial charge in [0.05, 0.1) is 37.8 Å². The molecule has 1 atom stereocenters. The molecule has 1 aliphatic heterocycles. The molecule has 2 N–H and O–H groups in total. The van der Waals surface area contributed by atoms with Gasteiger partial charge in [-0.05, 0) is 12.0 Å². The van der Waals surface area contributed by atoms with E-state index in [1.165, 1.54) is 0 Å².